The molecule has 18 heavy (non-hydrogen) atoms. The highest BCUT2D eigenvalue weighted by Crippen LogP contribution is 2.19. The maximum absolute atomic E-state index is 9.20. The third kappa shape index (κ3) is 3.32. The molecule has 0 bridgehead atoms. The minimum atomic E-state index is -0.417. The van der Waals surface area contributed by atoms with Gasteiger partial charge in [-0.25, -0.2) is 0 Å². The van der Waals surface area contributed by atoms with Crippen molar-refractivity contribution >= 4 is 0 Å². The van der Waals surface area contributed by atoms with Gasteiger partial charge < -0.3 is 9.84 Å². The van der Waals surface area contributed by atoms with Crippen LogP contribution in [-0.2, 0) is 13.0 Å². The first-order chi connectivity index (χ1) is 8.79. The number of ether oxygens (including phenoxy) is 1. The summed E-state index contributed by atoms with van der Waals surface area (Å²) >= 11 is 0. The molecule has 0 aliphatic rings. The predicted molar refractivity (Wildman–Crippen MR) is 71.1 cm³/mol. The fourth-order valence-corrected chi connectivity index (χ4v) is 1.80. The number of rotatable bonds is 5. The van der Waals surface area contributed by atoms with Gasteiger partial charge in [-0.3, -0.25) is 5.73 Å². The SMILES string of the molecule is NC(Cc1ccccc1)Oc1ccccc1CO. The average molecular weight is 243 g/mol. The summed E-state index contributed by atoms with van der Waals surface area (Å²) in [7, 11) is 0. The zero-order valence-electron chi connectivity index (χ0n) is 10.1. The Labute approximate surface area is 107 Å². The first kappa shape index (κ1) is 12.6. The van der Waals surface area contributed by atoms with Gasteiger partial charge in [0.1, 0.15) is 5.75 Å². The molecule has 3 heteroatoms. The van der Waals surface area contributed by atoms with Crippen molar-refractivity contribution in [2.75, 3.05) is 0 Å². The van der Waals surface area contributed by atoms with Gasteiger partial charge in [0, 0.05) is 12.0 Å². The zero-order chi connectivity index (χ0) is 12.8. The van der Waals surface area contributed by atoms with E-state index in [0.717, 1.165) is 11.1 Å². The molecule has 3 N–H and O–H groups in total. The summed E-state index contributed by atoms with van der Waals surface area (Å²) in [5, 5.41) is 9.20. The molecular weight excluding hydrogens is 226 g/mol. The summed E-state index contributed by atoms with van der Waals surface area (Å²) in [5.41, 5.74) is 7.84. The summed E-state index contributed by atoms with van der Waals surface area (Å²) in [6.45, 7) is -0.0474. The van der Waals surface area contributed by atoms with Crippen LogP contribution in [0.25, 0.3) is 0 Å². The number of benzene rings is 2. The number of aliphatic hydroxyl groups excluding tert-OH is 1. The second-order valence-corrected chi connectivity index (χ2v) is 4.11. The van der Waals surface area contributed by atoms with Crippen LogP contribution >= 0.6 is 0 Å². The normalized spacial score (nSPS) is 12.1. The molecule has 0 saturated carbocycles. The predicted octanol–water partition coefficient (Wildman–Crippen LogP) is 2.09. The molecule has 0 saturated heterocycles. The van der Waals surface area contributed by atoms with E-state index in [9.17, 15) is 5.11 Å². The van der Waals surface area contributed by atoms with Gasteiger partial charge >= 0.3 is 0 Å². The van der Waals surface area contributed by atoms with Crippen LogP contribution in [0.5, 0.6) is 5.75 Å². The first-order valence-corrected chi connectivity index (χ1v) is 5.94. The molecule has 0 aliphatic carbocycles. The lowest BCUT2D eigenvalue weighted by molar-refractivity contribution is 0.199. The Morgan fingerprint density at radius 2 is 1.67 bits per heavy atom. The Hall–Kier alpha value is -1.84. The van der Waals surface area contributed by atoms with Gasteiger partial charge in [-0.2, -0.15) is 0 Å². The lowest BCUT2D eigenvalue weighted by Crippen LogP contribution is -2.30. The smallest absolute Gasteiger partial charge is 0.151 e. The fourth-order valence-electron chi connectivity index (χ4n) is 1.80. The molecule has 0 fully saturated rings. The Morgan fingerprint density at radius 3 is 2.39 bits per heavy atom. The van der Waals surface area contributed by atoms with Crippen molar-refractivity contribution in [3.05, 3.63) is 65.7 Å². The van der Waals surface area contributed by atoms with Crippen LogP contribution in [0, 0.1) is 0 Å². The Kier molecular flexibility index (Phi) is 4.34. The summed E-state index contributed by atoms with van der Waals surface area (Å²) in [6, 6.07) is 17.3. The molecule has 94 valence electrons. The van der Waals surface area contributed by atoms with Gasteiger partial charge in [-0.15, -0.1) is 0 Å². The third-order valence-electron chi connectivity index (χ3n) is 2.70. The monoisotopic (exact) mass is 243 g/mol. The molecule has 3 nitrogen and oxygen atoms in total. The van der Waals surface area contributed by atoms with Crippen LogP contribution in [0.2, 0.25) is 0 Å². The van der Waals surface area contributed by atoms with E-state index in [2.05, 4.69) is 0 Å². The van der Waals surface area contributed by atoms with Gasteiger partial charge in [0.15, 0.2) is 6.23 Å². The van der Waals surface area contributed by atoms with Crippen molar-refractivity contribution in [3.8, 4) is 5.75 Å². The Bertz CT molecular complexity index is 485. The molecule has 1 unspecified atom stereocenters. The van der Waals surface area contributed by atoms with Crippen LogP contribution < -0.4 is 10.5 Å². The number of nitrogens with two attached hydrogens (primary N) is 1. The minimum absolute atomic E-state index is 0.0474. The van der Waals surface area contributed by atoms with Crippen LogP contribution in [0.15, 0.2) is 54.6 Å². The largest absolute Gasteiger partial charge is 0.475 e. The molecule has 1 atom stereocenters. The van der Waals surface area contributed by atoms with Crippen molar-refractivity contribution < 1.29 is 9.84 Å². The second-order valence-electron chi connectivity index (χ2n) is 4.11. The van der Waals surface area contributed by atoms with Crippen molar-refractivity contribution in [2.24, 2.45) is 5.73 Å². The van der Waals surface area contributed by atoms with Crippen LogP contribution in [0.3, 0.4) is 0 Å². The molecule has 2 aromatic carbocycles. The second kappa shape index (κ2) is 6.19. The van der Waals surface area contributed by atoms with Crippen molar-refractivity contribution in [3.63, 3.8) is 0 Å². The molecule has 0 spiro atoms. The summed E-state index contributed by atoms with van der Waals surface area (Å²) in [5.74, 6) is 0.642. The molecular formula is C15H17NO2. The first-order valence-electron chi connectivity index (χ1n) is 5.94. The highest BCUT2D eigenvalue weighted by atomic mass is 16.5. The van der Waals surface area contributed by atoms with Gasteiger partial charge in [0.2, 0.25) is 0 Å². The van der Waals surface area contributed by atoms with E-state index in [1.54, 1.807) is 0 Å². The van der Waals surface area contributed by atoms with Gasteiger partial charge in [0.25, 0.3) is 0 Å². The molecule has 0 radical (unpaired) electrons. The topological polar surface area (TPSA) is 55.5 Å². The summed E-state index contributed by atoms with van der Waals surface area (Å²) < 4.78 is 5.66. The van der Waals surface area contributed by atoms with Crippen molar-refractivity contribution in [2.45, 2.75) is 19.3 Å². The van der Waals surface area contributed by atoms with E-state index in [1.165, 1.54) is 0 Å². The highest BCUT2D eigenvalue weighted by Gasteiger charge is 2.08. The van der Waals surface area contributed by atoms with Crippen LogP contribution in [-0.4, -0.2) is 11.3 Å². The standard InChI is InChI=1S/C15H17NO2/c16-15(10-12-6-2-1-3-7-12)18-14-9-5-4-8-13(14)11-17/h1-9,15,17H,10-11,16H2. The fraction of sp³-hybridized carbons (Fsp3) is 0.200. The van der Waals surface area contributed by atoms with Crippen molar-refractivity contribution in [1.29, 1.82) is 0 Å². The molecule has 0 aliphatic heterocycles. The lowest BCUT2D eigenvalue weighted by Gasteiger charge is -2.16. The summed E-state index contributed by atoms with van der Waals surface area (Å²) in [4.78, 5) is 0. The Balaban J connectivity index is 2.01. The minimum Gasteiger partial charge on any atom is -0.475 e. The molecule has 0 amide bonds. The van der Waals surface area contributed by atoms with E-state index >= 15 is 0 Å². The lowest BCUT2D eigenvalue weighted by atomic mass is 10.1. The van der Waals surface area contributed by atoms with Crippen molar-refractivity contribution in [1.82, 2.24) is 0 Å². The van der Waals surface area contributed by atoms with Gasteiger partial charge in [-0.1, -0.05) is 48.5 Å². The molecule has 2 rings (SSSR count). The number of para-hydroxylation sites is 1. The van der Waals surface area contributed by atoms with E-state index in [4.69, 9.17) is 10.5 Å². The molecule has 0 heterocycles. The van der Waals surface area contributed by atoms with E-state index < -0.39 is 6.23 Å². The molecule has 0 aromatic heterocycles. The van der Waals surface area contributed by atoms with Gasteiger partial charge in [-0.05, 0) is 11.6 Å². The number of hydrogen-bond acceptors (Lipinski definition) is 3. The van der Waals surface area contributed by atoms with E-state index in [-0.39, 0.29) is 6.61 Å². The quantitative estimate of drug-likeness (QED) is 0.791. The average Bonchev–Trinajstić information content (AvgIpc) is 2.40. The van der Waals surface area contributed by atoms with Gasteiger partial charge in [0.05, 0.1) is 6.61 Å². The zero-order valence-corrected chi connectivity index (χ0v) is 10.1. The van der Waals surface area contributed by atoms with E-state index in [0.29, 0.717) is 12.2 Å². The third-order valence-corrected chi connectivity index (χ3v) is 2.70. The molecule has 2 aromatic rings. The van der Waals surface area contributed by atoms with Crippen LogP contribution in [0.4, 0.5) is 0 Å². The number of hydrogen-bond donors (Lipinski definition) is 2. The Morgan fingerprint density at radius 1 is 1.00 bits per heavy atom. The number of aliphatic hydroxyl groups is 1. The highest BCUT2D eigenvalue weighted by molar-refractivity contribution is 5.32. The maximum atomic E-state index is 9.20. The summed E-state index contributed by atoms with van der Waals surface area (Å²) in [6.07, 6.45) is 0.223. The van der Waals surface area contributed by atoms with E-state index in [1.807, 2.05) is 54.6 Å². The van der Waals surface area contributed by atoms with Crippen LogP contribution in [0.1, 0.15) is 11.1 Å². The maximum Gasteiger partial charge on any atom is 0.151 e.